The Kier molecular flexibility index (Phi) is 5.91. The summed E-state index contributed by atoms with van der Waals surface area (Å²) in [5.74, 6) is 5.20. The third kappa shape index (κ3) is 3.67. The van der Waals surface area contributed by atoms with Gasteiger partial charge in [0.15, 0.2) is 5.79 Å². The highest BCUT2D eigenvalue weighted by Crippen LogP contribution is 2.68. The van der Waals surface area contributed by atoms with Gasteiger partial charge in [-0.15, -0.1) is 0 Å². The highest BCUT2D eigenvalue weighted by molar-refractivity contribution is 5.26. The third-order valence-electron chi connectivity index (χ3n) is 11.1. The van der Waals surface area contributed by atoms with Crippen LogP contribution in [0, 0.1) is 46.3 Å². The largest absolute Gasteiger partial charge is 0.347 e. The molecule has 0 amide bonds. The molecule has 1 spiro atoms. The molecule has 3 saturated carbocycles. The topological polar surface area (TPSA) is 18.5 Å². The second-order valence-corrected chi connectivity index (χ2v) is 13.1. The van der Waals surface area contributed by atoms with Gasteiger partial charge >= 0.3 is 0 Å². The first kappa shape index (κ1) is 22.5. The van der Waals surface area contributed by atoms with Crippen LogP contribution in [-0.4, -0.2) is 19.0 Å². The van der Waals surface area contributed by atoms with Gasteiger partial charge in [0, 0.05) is 12.8 Å². The minimum absolute atomic E-state index is 0.273. The van der Waals surface area contributed by atoms with Gasteiger partial charge in [-0.25, -0.2) is 0 Å². The molecular weight excluding hydrogens is 380 g/mol. The van der Waals surface area contributed by atoms with E-state index in [1.807, 2.05) is 0 Å². The van der Waals surface area contributed by atoms with Gasteiger partial charge in [-0.2, -0.15) is 0 Å². The molecule has 0 bridgehead atoms. The molecule has 2 nitrogen and oxygen atoms in total. The molecule has 0 aromatic carbocycles. The van der Waals surface area contributed by atoms with E-state index in [2.05, 4.69) is 40.7 Å². The van der Waals surface area contributed by atoms with E-state index in [4.69, 9.17) is 9.47 Å². The summed E-state index contributed by atoms with van der Waals surface area (Å²) in [5.41, 5.74) is 2.67. The fourth-order valence-corrected chi connectivity index (χ4v) is 9.37. The smallest absolute Gasteiger partial charge is 0.172 e. The maximum Gasteiger partial charge on any atom is 0.172 e. The minimum atomic E-state index is -0.273. The normalized spacial score (nSPS) is 44.6. The lowest BCUT2D eigenvalue weighted by Gasteiger charge is -2.59. The Balaban J connectivity index is 1.31. The van der Waals surface area contributed by atoms with Crippen molar-refractivity contribution in [2.24, 2.45) is 46.3 Å². The minimum Gasteiger partial charge on any atom is -0.347 e. The van der Waals surface area contributed by atoms with Gasteiger partial charge in [-0.3, -0.25) is 0 Å². The monoisotopic (exact) mass is 428 g/mol. The third-order valence-corrected chi connectivity index (χ3v) is 11.1. The van der Waals surface area contributed by atoms with Crippen molar-refractivity contribution >= 4 is 0 Å². The Bertz CT molecular complexity index is 689. The molecule has 31 heavy (non-hydrogen) atoms. The van der Waals surface area contributed by atoms with E-state index in [0.29, 0.717) is 10.8 Å². The lowest BCUT2D eigenvalue weighted by atomic mass is 9.46. The maximum absolute atomic E-state index is 6.12. The van der Waals surface area contributed by atoms with E-state index < -0.39 is 0 Å². The van der Waals surface area contributed by atoms with E-state index in [9.17, 15) is 0 Å². The van der Waals surface area contributed by atoms with Gasteiger partial charge in [0.1, 0.15) is 0 Å². The van der Waals surface area contributed by atoms with E-state index >= 15 is 0 Å². The molecule has 4 aliphatic carbocycles. The van der Waals surface area contributed by atoms with Crippen molar-refractivity contribution in [3.05, 3.63) is 11.6 Å². The standard InChI is InChI=1S/C29H48O2/c1-20(2)7-6-8-21(3)24-11-12-25-23-10-9-22-19-29(30-17-18-31-29)16-15-27(22,4)26(23)13-14-28(24,25)5/h9,20-21,23-26H,6-8,10-19H2,1-5H3/t21-,23-,24+,25-,26-,27+,28-/m1/s1. The lowest BCUT2D eigenvalue weighted by Crippen LogP contribution is -2.52. The van der Waals surface area contributed by atoms with Crippen LogP contribution in [-0.2, 0) is 9.47 Å². The number of ether oxygens (including phenoxy) is 2. The summed E-state index contributed by atoms with van der Waals surface area (Å²) in [5, 5.41) is 0. The lowest BCUT2D eigenvalue weighted by molar-refractivity contribution is -0.185. The van der Waals surface area contributed by atoms with Crippen LogP contribution < -0.4 is 0 Å². The van der Waals surface area contributed by atoms with Crippen LogP contribution in [0.1, 0.15) is 105 Å². The molecule has 5 rings (SSSR count). The quantitative estimate of drug-likeness (QED) is 0.416. The Morgan fingerprint density at radius 3 is 2.45 bits per heavy atom. The van der Waals surface area contributed by atoms with Crippen LogP contribution in [0.5, 0.6) is 0 Å². The zero-order valence-electron chi connectivity index (χ0n) is 21.1. The van der Waals surface area contributed by atoms with Crippen LogP contribution >= 0.6 is 0 Å². The molecule has 7 atom stereocenters. The summed E-state index contributed by atoms with van der Waals surface area (Å²) in [4.78, 5) is 0. The van der Waals surface area contributed by atoms with Gasteiger partial charge < -0.3 is 9.47 Å². The number of hydrogen-bond acceptors (Lipinski definition) is 2. The Hall–Kier alpha value is -0.340. The first-order valence-electron chi connectivity index (χ1n) is 13.7. The number of rotatable bonds is 5. The molecule has 0 aromatic rings. The second kappa shape index (κ2) is 8.15. The fourth-order valence-electron chi connectivity index (χ4n) is 9.37. The van der Waals surface area contributed by atoms with Crippen LogP contribution in [0.15, 0.2) is 11.6 Å². The first-order valence-corrected chi connectivity index (χ1v) is 13.7. The summed E-state index contributed by atoms with van der Waals surface area (Å²) in [6, 6.07) is 0. The molecule has 176 valence electrons. The molecule has 5 aliphatic rings. The van der Waals surface area contributed by atoms with Crippen LogP contribution in [0.4, 0.5) is 0 Å². The summed E-state index contributed by atoms with van der Waals surface area (Å²) in [7, 11) is 0. The van der Waals surface area contributed by atoms with Crippen molar-refractivity contribution in [1.29, 1.82) is 0 Å². The van der Waals surface area contributed by atoms with Crippen molar-refractivity contribution in [3.63, 3.8) is 0 Å². The summed E-state index contributed by atoms with van der Waals surface area (Å²) in [6.45, 7) is 14.2. The Morgan fingerprint density at radius 2 is 1.71 bits per heavy atom. The van der Waals surface area contributed by atoms with E-state index in [-0.39, 0.29) is 5.79 Å². The predicted octanol–water partition coefficient (Wildman–Crippen LogP) is 7.77. The van der Waals surface area contributed by atoms with Crippen molar-refractivity contribution < 1.29 is 9.47 Å². The van der Waals surface area contributed by atoms with Crippen LogP contribution in [0.3, 0.4) is 0 Å². The SMILES string of the molecule is CC(C)CCC[C@@H](C)[C@@H]1CC[C@@H]2[C@H]3CC=C4CC5(CC[C@]4(C)[C@@H]3CC[C@@]21C)OCCO5. The predicted molar refractivity (Wildman–Crippen MR) is 128 cm³/mol. The van der Waals surface area contributed by atoms with Crippen molar-refractivity contribution in [2.45, 2.75) is 111 Å². The molecule has 0 N–H and O–H groups in total. The molecule has 4 fully saturated rings. The maximum atomic E-state index is 6.12. The number of fused-ring (bicyclic) bond motifs is 5. The molecule has 0 radical (unpaired) electrons. The second-order valence-electron chi connectivity index (χ2n) is 13.1. The molecular formula is C29H48O2. The number of allylic oxidation sites excluding steroid dienone is 1. The average molecular weight is 429 g/mol. The zero-order chi connectivity index (χ0) is 21.9. The first-order chi connectivity index (χ1) is 14.8. The van der Waals surface area contributed by atoms with E-state index in [1.54, 1.807) is 5.57 Å². The van der Waals surface area contributed by atoms with Gasteiger partial charge in [0.2, 0.25) is 0 Å². The van der Waals surface area contributed by atoms with E-state index in [1.165, 1.54) is 57.8 Å². The van der Waals surface area contributed by atoms with Crippen molar-refractivity contribution in [1.82, 2.24) is 0 Å². The van der Waals surface area contributed by atoms with Gasteiger partial charge in [0.05, 0.1) is 13.2 Å². The average Bonchev–Trinajstić information content (AvgIpc) is 3.32. The van der Waals surface area contributed by atoms with Crippen molar-refractivity contribution in [2.75, 3.05) is 13.2 Å². The molecule has 1 saturated heterocycles. The Labute approximate surface area is 191 Å². The summed E-state index contributed by atoms with van der Waals surface area (Å²) < 4.78 is 12.2. The molecule has 0 aromatic heterocycles. The van der Waals surface area contributed by atoms with Gasteiger partial charge in [-0.1, -0.05) is 65.5 Å². The number of hydrogen-bond donors (Lipinski definition) is 0. The van der Waals surface area contributed by atoms with Gasteiger partial charge in [0.25, 0.3) is 0 Å². The molecule has 1 aliphatic heterocycles. The van der Waals surface area contributed by atoms with E-state index in [0.717, 1.165) is 61.6 Å². The summed E-state index contributed by atoms with van der Waals surface area (Å²) in [6.07, 6.45) is 17.6. The molecule has 0 unspecified atom stereocenters. The zero-order valence-corrected chi connectivity index (χ0v) is 21.1. The fraction of sp³-hybridized carbons (Fsp3) is 0.931. The summed E-state index contributed by atoms with van der Waals surface area (Å²) >= 11 is 0. The van der Waals surface area contributed by atoms with Gasteiger partial charge in [-0.05, 0) is 84.9 Å². The molecule has 1 heterocycles. The Morgan fingerprint density at radius 1 is 0.935 bits per heavy atom. The van der Waals surface area contributed by atoms with Crippen LogP contribution in [0.25, 0.3) is 0 Å². The highest BCUT2D eigenvalue weighted by Gasteiger charge is 2.60. The van der Waals surface area contributed by atoms with Crippen molar-refractivity contribution in [3.8, 4) is 0 Å². The highest BCUT2D eigenvalue weighted by atomic mass is 16.7. The van der Waals surface area contributed by atoms with Crippen LogP contribution in [0.2, 0.25) is 0 Å². The molecule has 2 heteroatoms.